The number of benzene rings is 1. The molecule has 2 rings (SSSR count). The number of rotatable bonds is 3. The summed E-state index contributed by atoms with van der Waals surface area (Å²) < 4.78 is 26.4. The summed E-state index contributed by atoms with van der Waals surface area (Å²) in [5.41, 5.74) is 2.12. The quantitative estimate of drug-likeness (QED) is 0.760. The zero-order valence-corrected chi connectivity index (χ0v) is 10.6. The van der Waals surface area contributed by atoms with E-state index in [9.17, 15) is 8.78 Å². The molecule has 0 radical (unpaired) electrons. The second-order valence-corrected chi connectivity index (χ2v) is 4.63. The number of pyridine rings is 1. The topological polar surface area (TPSA) is 12.9 Å². The Morgan fingerprint density at radius 1 is 1.28 bits per heavy atom. The van der Waals surface area contributed by atoms with Gasteiger partial charge in [-0.15, -0.1) is 11.6 Å². The Bertz CT molecular complexity index is 557. The summed E-state index contributed by atoms with van der Waals surface area (Å²) in [5, 5.41) is -0.556. The van der Waals surface area contributed by atoms with Crippen molar-refractivity contribution in [3.8, 4) is 0 Å². The lowest BCUT2D eigenvalue weighted by Crippen LogP contribution is -2.02. The zero-order chi connectivity index (χ0) is 13.1. The fraction of sp³-hybridized carbons (Fsp3) is 0.214. The normalized spacial score (nSPS) is 12.4. The zero-order valence-electron chi connectivity index (χ0n) is 9.83. The molecule has 1 nitrogen and oxygen atoms in total. The van der Waals surface area contributed by atoms with Gasteiger partial charge in [-0.1, -0.05) is 12.1 Å². The minimum atomic E-state index is -0.622. The molecule has 0 saturated carbocycles. The third kappa shape index (κ3) is 2.85. The van der Waals surface area contributed by atoms with Crippen molar-refractivity contribution < 1.29 is 8.78 Å². The fourth-order valence-corrected chi connectivity index (χ4v) is 2.09. The van der Waals surface area contributed by atoms with E-state index >= 15 is 0 Å². The molecule has 0 bridgehead atoms. The van der Waals surface area contributed by atoms with E-state index in [-0.39, 0.29) is 0 Å². The Morgan fingerprint density at radius 3 is 2.72 bits per heavy atom. The molecule has 0 amide bonds. The third-order valence-corrected chi connectivity index (χ3v) is 3.18. The van der Waals surface area contributed by atoms with Crippen molar-refractivity contribution in [3.63, 3.8) is 0 Å². The summed E-state index contributed by atoms with van der Waals surface area (Å²) in [5.74, 6) is -1.22. The summed E-state index contributed by atoms with van der Waals surface area (Å²) in [6, 6.07) is 7.18. The second-order valence-electron chi connectivity index (χ2n) is 4.10. The van der Waals surface area contributed by atoms with Crippen molar-refractivity contribution in [1.29, 1.82) is 0 Å². The van der Waals surface area contributed by atoms with Crippen molar-refractivity contribution in [2.75, 3.05) is 0 Å². The fourth-order valence-electron chi connectivity index (χ4n) is 1.77. The molecular weight excluding hydrogens is 256 g/mol. The van der Waals surface area contributed by atoms with E-state index in [1.165, 1.54) is 12.1 Å². The van der Waals surface area contributed by atoms with Crippen LogP contribution >= 0.6 is 11.6 Å². The lowest BCUT2D eigenvalue weighted by molar-refractivity contribution is 0.569. The minimum absolute atomic E-state index is 0.295. The van der Waals surface area contributed by atoms with Gasteiger partial charge in [-0.2, -0.15) is 0 Å². The number of aryl methyl sites for hydroxylation is 1. The average molecular weight is 268 g/mol. The maximum absolute atomic E-state index is 13.6. The highest BCUT2D eigenvalue weighted by molar-refractivity contribution is 6.20. The maximum Gasteiger partial charge on any atom is 0.130 e. The predicted molar refractivity (Wildman–Crippen MR) is 67.6 cm³/mol. The van der Waals surface area contributed by atoms with Crippen LogP contribution in [0.15, 0.2) is 36.5 Å². The number of alkyl halides is 1. The van der Waals surface area contributed by atoms with Crippen LogP contribution in [0.2, 0.25) is 0 Å². The standard InChI is InChI=1S/C14H12ClF2N/c1-9-3-2-6-18-14(9)8-12(15)11-5-4-10(16)7-13(11)17/h2-7,12H,8H2,1H3. The van der Waals surface area contributed by atoms with Gasteiger partial charge in [-0.05, 0) is 24.6 Å². The monoisotopic (exact) mass is 267 g/mol. The summed E-state index contributed by atoms with van der Waals surface area (Å²) >= 11 is 6.17. The molecule has 0 aliphatic rings. The number of hydrogen-bond donors (Lipinski definition) is 0. The lowest BCUT2D eigenvalue weighted by Gasteiger charge is -2.12. The Morgan fingerprint density at radius 2 is 2.06 bits per heavy atom. The first-order valence-corrected chi connectivity index (χ1v) is 6.01. The Hall–Kier alpha value is -1.48. The number of nitrogens with zero attached hydrogens (tertiary/aromatic N) is 1. The highest BCUT2D eigenvalue weighted by Gasteiger charge is 2.15. The van der Waals surface area contributed by atoms with Crippen LogP contribution in [-0.4, -0.2) is 4.98 Å². The molecule has 0 aliphatic heterocycles. The molecule has 0 N–H and O–H groups in total. The van der Waals surface area contributed by atoms with Gasteiger partial charge in [0, 0.05) is 29.9 Å². The van der Waals surface area contributed by atoms with E-state index < -0.39 is 17.0 Å². The molecule has 0 saturated heterocycles. The Kier molecular flexibility index (Phi) is 3.92. The van der Waals surface area contributed by atoms with E-state index in [4.69, 9.17) is 11.6 Å². The molecule has 1 unspecified atom stereocenters. The third-order valence-electron chi connectivity index (χ3n) is 2.79. The van der Waals surface area contributed by atoms with Crippen molar-refractivity contribution in [3.05, 3.63) is 65.0 Å². The molecule has 0 aliphatic carbocycles. The van der Waals surface area contributed by atoms with Crippen LogP contribution in [-0.2, 0) is 6.42 Å². The molecule has 1 aromatic heterocycles. The molecular formula is C14H12ClF2N. The van der Waals surface area contributed by atoms with Crippen molar-refractivity contribution in [2.24, 2.45) is 0 Å². The van der Waals surface area contributed by atoms with Crippen molar-refractivity contribution in [1.82, 2.24) is 4.98 Å². The average Bonchev–Trinajstić information content (AvgIpc) is 2.32. The highest BCUT2D eigenvalue weighted by Crippen LogP contribution is 2.27. The molecule has 2 aromatic rings. The van der Waals surface area contributed by atoms with Crippen LogP contribution in [0.1, 0.15) is 22.2 Å². The predicted octanol–water partition coefficient (Wildman–Crippen LogP) is 4.19. The molecule has 18 heavy (non-hydrogen) atoms. The lowest BCUT2D eigenvalue weighted by atomic mass is 10.0. The van der Waals surface area contributed by atoms with Crippen LogP contribution in [0.3, 0.4) is 0 Å². The summed E-state index contributed by atoms with van der Waals surface area (Å²) in [6.07, 6.45) is 2.09. The highest BCUT2D eigenvalue weighted by atomic mass is 35.5. The smallest absolute Gasteiger partial charge is 0.130 e. The van der Waals surface area contributed by atoms with Crippen LogP contribution in [0.25, 0.3) is 0 Å². The van der Waals surface area contributed by atoms with Crippen LogP contribution in [0.4, 0.5) is 8.78 Å². The largest absolute Gasteiger partial charge is 0.261 e. The van der Waals surface area contributed by atoms with Gasteiger partial charge in [0.05, 0.1) is 5.38 Å². The summed E-state index contributed by atoms with van der Waals surface area (Å²) in [6.45, 7) is 1.92. The van der Waals surface area contributed by atoms with Gasteiger partial charge in [0.25, 0.3) is 0 Å². The van der Waals surface area contributed by atoms with Gasteiger partial charge >= 0.3 is 0 Å². The molecule has 4 heteroatoms. The first kappa shape index (κ1) is 13.0. The molecule has 1 heterocycles. The number of hydrogen-bond acceptors (Lipinski definition) is 1. The van der Waals surface area contributed by atoms with Gasteiger partial charge in [0.1, 0.15) is 11.6 Å². The van der Waals surface area contributed by atoms with Crippen LogP contribution < -0.4 is 0 Å². The summed E-state index contributed by atoms with van der Waals surface area (Å²) in [4.78, 5) is 4.21. The van der Waals surface area contributed by atoms with E-state index in [1.807, 2.05) is 19.1 Å². The Labute approximate surface area is 109 Å². The van der Waals surface area contributed by atoms with Gasteiger partial charge < -0.3 is 0 Å². The van der Waals surface area contributed by atoms with E-state index in [0.717, 1.165) is 17.3 Å². The molecule has 1 atom stereocenters. The van der Waals surface area contributed by atoms with Crippen molar-refractivity contribution in [2.45, 2.75) is 18.7 Å². The second kappa shape index (κ2) is 5.44. The Balaban J connectivity index is 2.22. The van der Waals surface area contributed by atoms with Crippen LogP contribution in [0, 0.1) is 18.6 Å². The first-order valence-electron chi connectivity index (χ1n) is 5.57. The maximum atomic E-state index is 13.6. The molecule has 0 spiro atoms. The van der Waals surface area contributed by atoms with Crippen LogP contribution in [0.5, 0.6) is 0 Å². The first-order chi connectivity index (χ1) is 8.58. The van der Waals surface area contributed by atoms with E-state index in [1.54, 1.807) is 6.20 Å². The van der Waals surface area contributed by atoms with Gasteiger partial charge in [-0.25, -0.2) is 8.78 Å². The molecule has 0 fully saturated rings. The number of halogens is 3. The van der Waals surface area contributed by atoms with Gasteiger partial charge in [0.2, 0.25) is 0 Å². The number of aromatic nitrogens is 1. The van der Waals surface area contributed by atoms with E-state index in [0.29, 0.717) is 12.0 Å². The van der Waals surface area contributed by atoms with E-state index in [2.05, 4.69) is 4.98 Å². The van der Waals surface area contributed by atoms with Gasteiger partial charge in [0.15, 0.2) is 0 Å². The van der Waals surface area contributed by atoms with Gasteiger partial charge in [-0.3, -0.25) is 4.98 Å². The SMILES string of the molecule is Cc1cccnc1CC(Cl)c1ccc(F)cc1F. The minimum Gasteiger partial charge on any atom is -0.261 e. The summed E-state index contributed by atoms with van der Waals surface area (Å²) in [7, 11) is 0. The van der Waals surface area contributed by atoms with Crippen molar-refractivity contribution >= 4 is 11.6 Å². The molecule has 94 valence electrons. The molecule has 1 aromatic carbocycles.